The smallest absolute Gasteiger partial charge is 0.230 e. The van der Waals surface area contributed by atoms with E-state index in [-0.39, 0.29) is 11.8 Å². The third-order valence-corrected chi connectivity index (χ3v) is 3.01. The lowest BCUT2D eigenvalue weighted by Crippen LogP contribution is -2.45. The summed E-state index contributed by atoms with van der Waals surface area (Å²) in [5.74, 6) is -0.265. The number of aromatic nitrogens is 1. The fraction of sp³-hybridized carbons (Fsp3) is 0.385. The average Bonchev–Trinajstić information content (AvgIpc) is 2.26. The number of primary amides is 1. The molecule has 1 atom stereocenters. The maximum absolute atomic E-state index is 11.8. The molecule has 0 saturated heterocycles. The van der Waals surface area contributed by atoms with E-state index in [2.05, 4.69) is 11.6 Å². The van der Waals surface area contributed by atoms with Gasteiger partial charge in [-0.3, -0.25) is 9.78 Å². The minimum Gasteiger partial charge on any atom is -0.369 e. The number of allylic oxidation sites excluding steroid dienone is 1. The number of hydrogen-bond acceptors (Lipinski definition) is 2. The zero-order valence-corrected chi connectivity index (χ0v) is 9.81. The lowest BCUT2D eigenvalue weighted by molar-refractivity contribution is -0.125. The van der Waals surface area contributed by atoms with Crippen LogP contribution in [0.25, 0.3) is 0 Å². The molecular weight excluding hydrogens is 200 g/mol. The Hall–Kier alpha value is -1.64. The first-order chi connectivity index (χ1) is 7.55. The molecule has 0 aromatic carbocycles. The van der Waals surface area contributed by atoms with Gasteiger partial charge in [0, 0.05) is 6.20 Å². The number of hydrogen-bond donors (Lipinski definition) is 1. The van der Waals surface area contributed by atoms with Crippen molar-refractivity contribution in [2.75, 3.05) is 0 Å². The maximum atomic E-state index is 11.8. The second kappa shape index (κ2) is 4.92. The van der Waals surface area contributed by atoms with Crippen LogP contribution in [0, 0.1) is 5.92 Å². The average molecular weight is 218 g/mol. The summed E-state index contributed by atoms with van der Waals surface area (Å²) < 4.78 is 0. The molecule has 1 rings (SSSR count). The highest BCUT2D eigenvalue weighted by molar-refractivity contribution is 5.86. The number of carbonyl (C=O) groups excluding carboxylic acids is 1. The minimum atomic E-state index is -0.747. The van der Waals surface area contributed by atoms with E-state index < -0.39 is 5.41 Å². The molecule has 86 valence electrons. The molecule has 0 saturated carbocycles. The van der Waals surface area contributed by atoms with Crippen LogP contribution in [0.5, 0.6) is 0 Å². The Morgan fingerprint density at radius 2 is 2.31 bits per heavy atom. The van der Waals surface area contributed by atoms with Crippen LogP contribution < -0.4 is 5.73 Å². The van der Waals surface area contributed by atoms with E-state index in [4.69, 9.17) is 5.73 Å². The molecule has 0 fully saturated rings. The van der Waals surface area contributed by atoms with Crippen LogP contribution >= 0.6 is 0 Å². The van der Waals surface area contributed by atoms with Crippen molar-refractivity contribution in [3.8, 4) is 0 Å². The molecule has 1 amide bonds. The Bertz CT molecular complexity index is 373. The normalized spacial score (nSPS) is 14.4. The highest BCUT2D eigenvalue weighted by Gasteiger charge is 2.41. The van der Waals surface area contributed by atoms with Gasteiger partial charge in [-0.15, -0.1) is 6.58 Å². The van der Waals surface area contributed by atoms with E-state index in [1.165, 1.54) is 0 Å². The first kappa shape index (κ1) is 12.4. The number of amides is 1. The molecule has 1 unspecified atom stereocenters. The van der Waals surface area contributed by atoms with E-state index >= 15 is 0 Å². The van der Waals surface area contributed by atoms with Gasteiger partial charge in [0.2, 0.25) is 5.91 Å². The van der Waals surface area contributed by atoms with Crippen molar-refractivity contribution in [2.24, 2.45) is 11.7 Å². The van der Waals surface area contributed by atoms with Crippen molar-refractivity contribution in [1.82, 2.24) is 4.98 Å². The molecule has 3 heteroatoms. The summed E-state index contributed by atoms with van der Waals surface area (Å²) in [6, 6.07) is 5.53. The third kappa shape index (κ3) is 1.98. The lowest BCUT2D eigenvalue weighted by atomic mass is 9.71. The van der Waals surface area contributed by atoms with Gasteiger partial charge in [-0.25, -0.2) is 0 Å². The van der Waals surface area contributed by atoms with Gasteiger partial charge in [-0.1, -0.05) is 26.0 Å². The fourth-order valence-corrected chi connectivity index (χ4v) is 2.00. The van der Waals surface area contributed by atoms with Gasteiger partial charge in [0.15, 0.2) is 0 Å². The molecule has 16 heavy (non-hydrogen) atoms. The number of nitrogens with zero attached hydrogens (tertiary/aromatic N) is 1. The summed E-state index contributed by atoms with van der Waals surface area (Å²) in [7, 11) is 0. The van der Waals surface area contributed by atoms with Gasteiger partial charge in [-0.05, 0) is 24.5 Å². The maximum Gasteiger partial charge on any atom is 0.230 e. The summed E-state index contributed by atoms with van der Waals surface area (Å²) in [5.41, 5.74) is 5.54. The second-order valence-corrected chi connectivity index (χ2v) is 4.20. The summed E-state index contributed by atoms with van der Waals surface area (Å²) in [6.45, 7) is 7.65. The van der Waals surface area contributed by atoms with Crippen molar-refractivity contribution in [3.63, 3.8) is 0 Å². The summed E-state index contributed by atoms with van der Waals surface area (Å²) in [6.07, 6.45) is 3.91. The molecule has 2 N–H and O–H groups in total. The standard InChI is InChI=1S/C13H18N2O/c1-4-8-13(10(2)3,12(14)16)11-7-5-6-9-15-11/h4-7,9-10H,1,8H2,2-3H3,(H2,14,16). The van der Waals surface area contributed by atoms with Gasteiger partial charge >= 0.3 is 0 Å². The number of carbonyl (C=O) groups is 1. The van der Waals surface area contributed by atoms with Crippen LogP contribution in [-0.4, -0.2) is 10.9 Å². The van der Waals surface area contributed by atoms with E-state index in [0.29, 0.717) is 6.42 Å². The van der Waals surface area contributed by atoms with Crippen LogP contribution in [0.4, 0.5) is 0 Å². The van der Waals surface area contributed by atoms with E-state index in [1.54, 1.807) is 12.3 Å². The van der Waals surface area contributed by atoms with Crippen LogP contribution in [-0.2, 0) is 10.2 Å². The van der Waals surface area contributed by atoms with E-state index in [0.717, 1.165) is 5.69 Å². The fourth-order valence-electron chi connectivity index (χ4n) is 2.00. The zero-order chi connectivity index (χ0) is 12.2. The predicted molar refractivity (Wildman–Crippen MR) is 64.8 cm³/mol. The van der Waals surface area contributed by atoms with Crippen molar-refractivity contribution in [1.29, 1.82) is 0 Å². The Morgan fingerprint density at radius 1 is 1.62 bits per heavy atom. The quantitative estimate of drug-likeness (QED) is 0.769. The van der Waals surface area contributed by atoms with Gasteiger partial charge in [0.05, 0.1) is 11.1 Å². The van der Waals surface area contributed by atoms with Crippen LogP contribution in [0.1, 0.15) is 26.0 Å². The molecule has 0 aliphatic rings. The van der Waals surface area contributed by atoms with Crippen molar-refractivity contribution in [3.05, 3.63) is 42.7 Å². The molecule has 0 spiro atoms. The van der Waals surface area contributed by atoms with Gasteiger partial charge in [0.25, 0.3) is 0 Å². The Kier molecular flexibility index (Phi) is 3.82. The largest absolute Gasteiger partial charge is 0.369 e. The number of pyridine rings is 1. The number of rotatable bonds is 5. The van der Waals surface area contributed by atoms with Gasteiger partial charge in [-0.2, -0.15) is 0 Å². The van der Waals surface area contributed by atoms with Crippen LogP contribution in [0.15, 0.2) is 37.1 Å². The summed E-state index contributed by atoms with van der Waals surface area (Å²) >= 11 is 0. The monoisotopic (exact) mass is 218 g/mol. The van der Waals surface area contributed by atoms with Crippen LogP contribution in [0.2, 0.25) is 0 Å². The Balaban J connectivity index is 3.32. The molecule has 0 aliphatic heterocycles. The van der Waals surface area contributed by atoms with Gasteiger partial charge in [0.1, 0.15) is 0 Å². The SMILES string of the molecule is C=CCC(C(N)=O)(c1ccccn1)C(C)C. The Labute approximate surface area is 96.4 Å². The number of nitrogens with two attached hydrogens (primary N) is 1. The van der Waals surface area contributed by atoms with E-state index in [1.807, 2.05) is 32.0 Å². The van der Waals surface area contributed by atoms with Crippen molar-refractivity contribution in [2.45, 2.75) is 25.7 Å². The topological polar surface area (TPSA) is 56.0 Å². The highest BCUT2D eigenvalue weighted by Crippen LogP contribution is 2.34. The minimum absolute atomic E-state index is 0.0814. The Morgan fingerprint density at radius 3 is 2.69 bits per heavy atom. The molecule has 0 bridgehead atoms. The van der Waals surface area contributed by atoms with Crippen LogP contribution in [0.3, 0.4) is 0 Å². The summed E-state index contributed by atoms with van der Waals surface area (Å²) in [5, 5.41) is 0. The molecular formula is C13H18N2O. The second-order valence-electron chi connectivity index (χ2n) is 4.20. The predicted octanol–water partition coefficient (Wildman–Crippen LogP) is 2.04. The molecule has 1 heterocycles. The molecule has 0 aliphatic carbocycles. The first-order valence-corrected chi connectivity index (χ1v) is 5.38. The summed E-state index contributed by atoms with van der Waals surface area (Å²) in [4.78, 5) is 16.1. The van der Waals surface area contributed by atoms with Crippen molar-refractivity contribution >= 4 is 5.91 Å². The zero-order valence-electron chi connectivity index (χ0n) is 9.81. The van der Waals surface area contributed by atoms with E-state index in [9.17, 15) is 4.79 Å². The highest BCUT2D eigenvalue weighted by atomic mass is 16.1. The molecule has 1 aromatic rings. The molecule has 1 aromatic heterocycles. The molecule has 0 radical (unpaired) electrons. The molecule has 3 nitrogen and oxygen atoms in total. The van der Waals surface area contributed by atoms with Gasteiger partial charge < -0.3 is 5.73 Å². The third-order valence-electron chi connectivity index (χ3n) is 3.01. The first-order valence-electron chi connectivity index (χ1n) is 5.38. The van der Waals surface area contributed by atoms with Crippen molar-refractivity contribution < 1.29 is 4.79 Å². The lowest BCUT2D eigenvalue weighted by Gasteiger charge is -2.33.